The van der Waals surface area contributed by atoms with E-state index in [-0.39, 0.29) is 103 Å². The summed E-state index contributed by atoms with van der Waals surface area (Å²) < 4.78 is 0. The molecule has 0 radical (unpaired) electrons. The molecule has 0 N–H and O–H groups in total. The van der Waals surface area contributed by atoms with Gasteiger partial charge >= 0.3 is 0 Å². The van der Waals surface area contributed by atoms with Gasteiger partial charge in [-0.25, -0.2) is 0 Å². The van der Waals surface area contributed by atoms with E-state index < -0.39 is 0 Å². The molecular formula is Hf4. The van der Waals surface area contributed by atoms with Crippen LogP contribution in [0.25, 0.3) is 0 Å². The average Bonchev–Trinajstić information content (AvgIpc) is 0. The summed E-state index contributed by atoms with van der Waals surface area (Å²) in [6.45, 7) is 0. The van der Waals surface area contributed by atoms with Crippen LogP contribution in [0.15, 0.2) is 0 Å². The molecule has 0 aromatic carbocycles. The summed E-state index contributed by atoms with van der Waals surface area (Å²) in [7, 11) is 0. The van der Waals surface area contributed by atoms with Crippen molar-refractivity contribution in [3.8, 4) is 0 Å². The van der Waals surface area contributed by atoms with E-state index in [1.165, 1.54) is 0 Å². The summed E-state index contributed by atoms with van der Waals surface area (Å²) in [5, 5.41) is 0. The van der Waals surface area contributed by atoms with E-state index in [1.807, 2.05) is 0 Å². The summed E-state index contributed by atoms with van der Waals surface area (Å²) in [5.74, 6) is 0. The third kappa shape index (κ3) is 9.08. The van der Waals surface area contributed by atoms with E-state index in [4.69, 9.17) is 0 Å². The summed E-state index contributed by atoms with van der Waals surface area (Å²) in [6, 6.07) is 0. The van der Waals surface area contributed by atoms with Gasteiger partial charge in [0.2, 0.25) is 0 Å². The molecule has 0 rings (SSSR count). The molecule has 0 bridgehead atoms. The van der Waals surface area contributed by atoms with Gasteiger partial charge in [-0.3, -0.25) is 0 Å². The van der Waals surface area contributed by atoms with Crippen molar-refractivity contribution in [3.63, 3.8) is 0 Å². The van der Waals surface area contributed by atoms with Crippen LogP contribution in [0.2, 0.25) is 0 Å². The van der Waals surface area contributed by atoms with E-state index >= 15 is 0 Å². The second kappa shape index (κ2) is 16.1. The summed E-state index contributed by atoms with van der Waals surface area (Å²) in [4.78, 5) is 0. The molecule has 0 spiro atoms. The maximum atomic E-state index is 0. The maximum Gasteiger partial charge on any atom is 0 e. The van der Waals surface area contributed by atoms with Crippen LogP contribution in [-0.4, -0.2) is 0 Å². The van der Waals surface area contributed by atoms with Crippen molar-refractivity contribution in [2.24, 2.45) is 0 Å². The van der Waals surface area contributed by atoms with Crippen LogP contribution in [0, 0.1) is 0 Å². The van der Waals surface area contributed by atoms with E-state index in [0.717, 1.165) is 0 Å². The zero-order chi connectivity index (χ0) is 0. The van der Waals surface area contributed by atoms with Crippen molar-refractivity contribution in [1.82, 2.24) is 0 Å². The molecule has 0 aromatic heterocycles. The van der Waals surface area contributed by atoms with Gasteiger partial charge in [0, 0.05) is 103 Å². The van der Waals surface area contributed by atoms with E-state index in [9.17, 15) is 0 Å². The smallest absolute Gasteiger partial charge is 0 e. The average molecular weight is 714 g/mol. The van der Waals surface area contributed by atoms with Gasteiger partial charge in [0.1, 0.15) is 0 Å². The molecule has 0 nitrogen and oxygen atoms in total. The van der Waals surface area contributed by atoms with Gasteiger partial charge in [-0.05, 0) is 0 Å². The zero-order valence-electron chi connectivity index (χ0n) is 2.00. The van der Waals surface area contributed by atoms with Crippen LogP contribution < -0.4 is 0 Å². The first-order valence-corrected chi connectivity index (χ1v) is 0. The topological polar surface area (TPSA) is 0 Å². The Labute approximate surface area is 101 Å². The minimum absolute atomic E-state index is 0. The molecule has 0 aliphatic rings. The normalized spacial score (nSPS) is 0. The fraction of sp³-hybridized carbons (Fsp3) is 0. The van der Waals surface area contributed by atoms with E-state index in [2.05, 4.69) is 0 Å². The third-order valence-electron chi connectivity index (χ3n) is 0. The fourth-order valence-electron chi connectivity index (χ4n) is 0. The molecule has 0 saturated carbocycles. The van der Waals surface area contributed by atoms with Gasteiger partial charge in [-0.1, -0.05) is 0 Å². The first-order chi connectivity index (χ1) is 0. The van der Waals surface area contributed by atoms with Gasteiger partial charge in [-0.15, -0.1) is 0 Å². The molecule has 0 fully saturated rings. The fourth-order valence-corrected chi connectivity index (χ4v) is 0. The first kappa shape index (κ1) is 25.9. The molecule has 0 heterocycles. The van der Waals surface area contributed by atoms with Crippen LogP contribution in [0.4, 0.5) is 0 Å². The van der Waals surface area contributed by atoms with E-state index in [1.54, 1.807) is 0 Å². The van der Waals surface area contributed by atoms with Crippen LogP contribution in [0.3, 0.4) is 0 Å². The Hall–Kier alpha value is 3.48. The summed E-state index contributed by atoms with van der Waals surface area (Å²) in [5.41, 5.74) is 0. The molecule has 0 aliphatic heterocycles. The Bertz CT molecular complexity index is 0. The first-order valence-electron chi connectivity index (χ1n) is 0. The van der Waals surface area contributed by atoms with Crippen LogP contribution in [0.5, 0.6) is 0 Å². The van der Waals surface area contributed by atoms with Gasteiger partial charge in [0.25, 0.3) is 0 Å². The number of hydrogen-bond donors (Lipinski definition) is 0. The molecule has 4 heteroatoms. The molecule has 16 valence electrons. The molecule has 0 aliphatic carbocycles. The van der Waals surface area contributed by atoms with Crippen LogP contribution in [-0.2, 0) is 103 Å². The maximum absolute atomic E-state index is 0. The molecule has 4 heavy (non-hydrogen) atoms. The van der Waals surface area contributed by atoms with Gasteiger partial charge < -0.3 is 0 Å². The molecule has 0 atom stereocenters. The number of hydrogen-bond acceptors (Lipinski definition) is 0. The Balaban J connectivity index is 0. The van der Waals surface area contributed by atoms with Gasteiger partial charge in [0.05, 0.1) is 0 Å². The summed E-state index contributed by atoms with van der Waals surface area (Å²) >= 11 is 0. The van der Waals surface area contributed by atoms with Crippen molar-refractivity contribution >= 4 is 0 Å². The minimum atomic E-state index is 0. The van der Waals surface area contributed by atoms with Crippen molar-refractivity contribution in [3.05, 3.63) is 0 Å². The standard InChI is InChI=1S/4Hf. The predicted molar refractivity (Wildman–Crippen MR) is 0 cm³/mol. The molecule has 0 aromatic rings. The largest absolute Gasteiger partial charge is 0 e. The second-order valence-corrected chi connectivity index (χ2v) is 0. The van der Waals surface area contributed by atoms with E-state index in [0.29, 0.717) is 0 Å². The van der Waals surface area contributed by atoms with Crippen molar-refractivity contribution in [2.45, 2.75) is 0 Å². The Kier molecular flexibility index (Phi) is 104. The zero-order valence-corrected chi connectivity index (χ0v) is 16.4. The molecule has 0 amide bonds. The second-order valence-electron chi connectivity index (χ2n) is 0. The number of rotatable bonds is 0. The predicted octanol–water partition coefficient (Wildman–Crippen LogP) is -0.0100. The van der Waals surface area contributed by atoms with Gasteiger partial charge in [-0.2, -0.15) is 0 Å². The summed E-state index contributed by atoms with van der Waals surface area (Å²) in [6.07, 6.45) is 0. The Morgan fingerprint density at radius 3 is 0.250 bits per heavy atom. The van der Waals surface area contributed by atoms with Crippen LogP contribution in [0.1, 0.15) is 0 Å². The molecular weight excluding hydrogens is 714 g/mol. The van der Waals surface area contributed by atoms with Crippen molar-refractivity contribution < 1.29 is 103 Å². The monoisotopic (exact) mass is 720 g/mol. The van der Waals surface area contributed by atoms with Gasteiger partial charge in [0.15, 0.2) is 0 Å². The van der Waals surface area contributed by atoms with Crippen molar-refractivity contribution in [2.75, 3.05) is 0 Å². The Morgan fingerprint density at radius 1 is 0.250 bits per heavy atom. The molecule has 0 unspecified atom stereocenters. The third-order valence-corrected chi connectivity index (χ3v) is 0. The molecule has 0 saturated heterocycles. The Morgan fingerprint density at radius 2 is 0.250 bits per heavy atom. The van der Waals surface area contributed by atoms with Crippen LogP contribution >= 0.6 is 0 Å². The quantitative estimate of drug-likeness (QED) is 0.311. The minimum Gasteiger partial charge on any atom is 0 e. The SMILES string of the molecule is [Hf].[Hf].[Hf].[Hf]. The van der Waals surface area contributed by atoms with Crippen molar-refractivity contribution in [1.29, 1.82) is 0 Å².